The number of benzene rings is 2. The highest BCUT2D eigenvalue weighted by molar-refractivity contribution is 6.33. The van der Waals surface area contributed by atoms with E-state index in [1.54, 1.807) is 36.4 Å². The lowest BCUT2D eigenvalue weighted by Gasteiger charge is -2.29. The number of halogens is 3. The first-order valence-electron chi connectivity index (χ1n) is 8.28. The Labute approximate surface area is 156 Å². The minimum Gasteiger partial charge on any atom is -0.350 e. The lowest BCUT2D eigenvalue weighted by molar-refractivity contribution is 0.0937. The molecule has 1 N–H and O–H groups in total. The number of carbonyl (C=O) groups excluding carboxylic acids is 1. The van der Waals surface area contributed by atoms with Gasteiger partial charge in [-0.1, -0.05) is 41.4 Å². The van der Waals surface area contributed by atoms with Gasteiger partial charge in [0.25, 0.3) is 5.91 Å². The van der Waals surface area contributed by atoms with E-state index in [4.69, 9.17) is 23.2 Å². The van der Waals surface area contributed by atoms with Gasteiger partial charge in [0, 0.05) is 17.1 Å². The maximum atomic E-state index is 14.4. The minimum atomic E-state index is -0.351. The van der Waals surface area contributed by atoms with Crippen molar-refractivity contribution in [1.82, 2.24) is 10.2 Å². The minimum absolute atomic E-state index is 0.269. The molecule has 0 bridgehead atoms. The number of rotatable bonds is 5. The maximum Gasteiger partial charge on any atom is 0.252 e. The molecule has 1 atom stereocenters. The van der Waals surface area contributed by atoms with Crippen LogP contribution in [0.3, 0.4) is 0 Å². The van der Waals surface area contributed by atoms with Gasteiger partial charge in [0.05, 0.1) is 16.6 Å². The molecule has 2 aromatic carbocycles. The molecule has 132 valence electrons. The third kappa shape index (κ3) is 4.14. The summed E-state index contributed by atoms with van der Waals surface area (Å²) in [6.07, 6.45) is 2.11. The van der Waals surface area contributed by atoms with Crippen molar-refractivity contribution < 1.29 is 9.18 Å². The van der Waals surface area contributed by atoms with Gasteiger partial charge in [-0.05, 0) is 50.2 Å². The van der Waals surface area contributed by atoms with Crippen LogP contribution in [0.5, 0.6) is 0 Å². The van der Waals surface area contributed by atoms with Crippen LogP contribution >= 0.6 is 23.2 Å². The van der Waals surface area contributed by atoms with Crippen LogP contribution in [-0.2, 0) is 0 Å². The molecule has 1 aliphatic heterocycles. The van der Waals surface area contributed by atoms with Crippen molar-refractivity contribution in [2.75, 3.05) is 19.6 Å². The molecule has 3 rings (SSSR count). The topological polar surface area (TPSA) is 32.3 Å². The van der Waals surface area contributed by atoms with Crippen LogP contribution in [0, 0.1) is 5.82 Å². The highest BCUT2D eigenvalue weighted by Crippen LogP contribution is 2.32. The number of hydrogen-bond donors (Lipinski definition) is 1. The van der Waals surface area contributed by atoms with Crippen molar-refractivity contribution in [2.45, 2.75) is 18.9 Å². The first-order valence-corrected chi connectivity index (χ1v) is 9.04. The SMILES string of the molecule is O=C(NCC(c1c(F)cccc1Cl)N1CCCC1)c1ccccc1Cl. The molecule has 6 heteroatoms. The van der Waals surface area contributed by atoms with E-state index in [0.717, 1.165) is 25.9 Å². The molecular weight excluding hydrogens is 362 g/mol. The normalized spacial score (nSPS) is 16.0. The molecule has 1 amide bonds. The fourth-order valence-electron chi connectivity index (χ4n) is 3.23. The monoisotopic (exact) mass is 380 g/mol. The number of nitrogens with zero attached hydrogens (tertiary/aromatic N) is 1. The summed E-state index contributed by atoms with van der Waals surface area (Å²) in [5, 5.41) is 3.65. The van der Waals surface area contributed by atoms with E-state index >= 15 is 0 Å². The molecule has 2 aromatic rings. The lowest BCUT2D eigenvalue weighted by Crippen LogP contribution is -2.37. The lowest BCUT2D eigenvalue weighted by atomic mass is 10.0. The smallest absolute Gasteiger partial charge is 0.252 e. The first kappa shape index (κ1) is 18.2. The fraction of sp³-hybridized carbons (Fsp3) is 0.316. The van der Waals surface area contributed by atoms with Crippen molar-refractivity contribution in [2.24, 2.45) is 0 Å². The number of carbonyl (C=O) groups is 1. The summed E-state index contributed by atoms with van der Waals surface area (Å²) in [6.45, 7) is 1.99. The van der Waals surface area contributed by atoms with Crippen molar-refractivity contribution in [3.8, 4) is 0 Å². The average molecular weight is 381 g/mol. The summed E-state index contributed by atoms with van der Waals surface area (Å²) in [5.74, 6) is -0.626. The van der Waals surface area contributed by atoms with Gasteiger partial charge >= 0.3 is 0 Å². The second-order valence-corrected chi connectivity index (χ2v) is 6.90. The highest BCUT2D eigenvalue weighted by Gasteiger charge is 2.28. The molecule has 0 aromatic heterocycles. The second kappa shape index (κ2) is 8.17. The van der Waals surface area contributed by atoms with Crippen LogP contribution in [-0.4, -0.2) is 30.4 Å². The number of likely N-dealkylation sites (tertiary alicyclic amines) is 1. The average Bonchev–Trinajstić information content (AvgIpc) is 3.12. The van der Waals surface area contributed by atoms with Gasteiger partial charge in [0.15, 0.2) is 0 Å². The predicted molar refractivity (Wildman–Crippen MR) is 98.7 cm³/mol. The summed E-state index contributed by atoms with van der Waals surface area (Å²) >= 11 is 12.3. The summed E-state index contributed by atoms with van der Waals surface area (Å²) in [4.78, 5) is 14.6. The molecular formula is C19H19Cl2FN2O. The molecule has 0 radical (unpaired) electrons. The Morgan fingerprint density at radius 1 is 1.08 bits per heavy atom. The molecule has 1 aliphatic rings. The van der Waals surface area contributed by atoms with E-state index in [1.165, 1.54) is 6.07 Å². The number of nitrogens with one attached hydrogen (secondary N) is 1. The van der Waals surface area contributed by atoms with E-state index in [9.17, 15) is 9.18 Å². The van der Waals surface area contributed by atoms with Gasteiger partial charge in [-0.3, -0.25) is 9.69 Å². The van der Waals surface area contributed by atoms with Gasteiger partial charge in [0.2, 0.25) is 0 Å². The molecule has 0 aliphatic carbocycles. The van der Waals surface area contributed by atoms with E-state index in [0.29, 0.717) is 21.2 Å². The van der Waals surface area contributed by atoms with E-state index < -0.39 is 0 Å². The van der Waals surface area contributed by atoms with Crippen LogP contribution in [0.15, 0.2) is 42.5 Å². The Hall–Kier alpha value is -1.62. The second-order valence-electron chi connectivity index (χ2n) is 6.08. The molecule has 0 spiro atoms. The zero-order valence-electron chi connectivity index (χ0n) is 13.6. The summed E-state index contributed by atoms with van der Waals surface area (Å²) in [5.41, 5.74) is 0.842. The molecule has 25 heavy (non-hydrogen) atoms. The van der Waals surface area contributed by atoms with Crippen LogP contribution in [0.25, 0.3) is 0 Å². The van der Waals surface area contributed by atoms with Gasteiger partial charge in [-0.2, -0.15) is 0 Å². The highest BCUT2D eigenvalue weighted by atomic mass is 35.5. The summed E-state index contributed by atoms with van der Waals surface area (Å²) in [6, 6.07) is 11.2. The Morgan fingerprint density at radius 3 is 2.44 bits per heavy atom. The fourth-order valence-corrected chi connectivity index (χ4v) is 3.74. The van der Waals surface area contributed by atoms with Crippen LogP contribution in [0.4, 0.5) is 4.39 Å². The Kier molecular flexibility index (Phi) is 5.94. The molecule has 3 nitrogen and oxygen atoms in total. The van der Waals surface area contributed by atoms with Crippen LogP contribution < -0.4 is 5.32 Å². The Balaban J connectivity index is 1.81. The largest absolute Gasteiger partial charge is 0.350 e. The van der Waals surface area contributed by atoms with E-state index in [-0.39, 0.29) is 24.3 Å². The van der Waals surface area contributed by atoms with Crippen molar-refractivity contribution >= 4 is 29.1 Å². The van der Waals surface area contributed by atoms with Gasteiger partial charge in [-0.25, -0.2) is 4.39 Å². The third-order valence-corrected chi connectivity index (χ3v) is 5.15. The Bertz CT molecular complexity index is 743. The van der Waals surface area contributed by atoms with Crippen molar-refractivity contribution in [3.63, 3.8) is 0 Å². The number of amides is 1. The zero-order chi connectivity index (χ0) is 17.8. The summed E-state index contributed by atoms with van der Waals surface area (Å²) < 4.78 is 14.4. The Morgan fingerprint density at radius 2 is 1.76 bits per heavy atom. The quantitative estimate of drug-likeness (QED) is 0.814. The molecule has 1 unspecified atom stereocenters. The van der Waals surface area contributed by atoms with Gasteiger partial charge in [0.1, 0.15) is 5.82 Å². The van der Waals surface area contributed by atoms with E-state index in [2.05, 4.69) is 10.2 Å². The third-order valence-electron chi connectivity index (χ3n) is 4.49. The zero-order valence-corrected chi connectivity index (χ0v) is 15.2. The standard InChI is InChI=1S/C19H19Cl2FN2O/c20-14-7-2-1-6-13(14)19(25)23-12-17(24-10-3-4-11-24)18-15(21)8-5-9-16(18)22/h1-2,5-9,17H,3-4,10-12H2,(H,23,25). The number of hydrogen-bond acceptors (Lipinski definition) is 2. The summed E-state index contributed by atoms with van der Waals surface area (Å²) in [7, 11) is 0. The molecule has 1 fully saturated rings. The predicted octanol–water partition coefficient (Wildman–Crippen LogP) is 4.70. The van der Waals surface area contributed by atoms with Gasteiger partial charge < -0.3 is 5.32 Å². The molecule has 1 saturated heterocycles. The first-order chi connectivity index (χ1) is 12.1. The molecule has 1 heterocycles. The van der Waals surface area contributed by atoms with Crippen LogP contribution in [0.1, 0.15) is 34.8 Å². The van der Waals surface area contributed by atoms with Crippen molar-refractivity contribution in [1.29, 1.82) is 0 Å². The van der Waals surface area contributed by atoms with Crippen LogP contribution in [0.2, 0.25) is 10.0 Å². The van der Waals surface area contributed by atoms with Gasteiger partial charge in [-0.15, -0.1) is 0 Å². The maximum absolute atomic E-state index is 14.4. The van der Waals surface area contributed by atoms with Crippen molar-refractivity contribution in [3.05, 3.63) is 69.5 Å². The van der Waals surface area contributed by atoms with E-state index in [1.807, 2.05) is 0 Å². The molecule has 0 saturated carbocycles.